The van der Waals surface area contributed by atoms with E-state index < -0.39 is 0 Å². The zero-order valence-electron chi connectivity index (χ0n) is 11.8. The summed E-state index contributed by atoms with van der Waals surface area (Å²) in [5, 5.41) is 12.6. The van der Waals surface area contributed by atoms with Crippen LogP contribution in [-0.2, 0) is 16.1 Å². The Labute approximate surface area is 117 Å². The first-order valence-electron chi connectivity index (χ1n) is 6.38. The van der Waals surface area contributed by atoms with Crippen LogP contribution in [0.5, 0.6) is 0 Å². The second-order valence-electron chi connectivity index (χ2n) is 4.11. The van der Waals surface area contributed by atoms with Crippen molar-refractivity contribution in [3.8, 4) is 0 Å². The molecule has 8 nitrogen and oxygen atoms in total. The van der Waals surface area contributed by atoms with Crippen molar-refractivity contribution in [2.45, 2.75) is 6.54 Å². The SMILES string of the molecule is CNCCNc1cnn(CC(=O)NCCOC)c(=O)c1. The van der Waals surface area contributed by atoms with Gasteiger partial charge in [-0.15, -0.1) is 0 Å². The smallest absolute Gasteiger partial charge is 0.269 e. The van der Waals surface area contributed by atoms with Gasteiger partial charge < -0.3 is 20.7 Å². The van der Waals surface area contributed by atoms with Crippen molar-refractivity contribution in [2.75, 3.05) is 45.7 Å². The van der Waals surface area contributed by atoms with Crippen LogP contribution in [0.4, 0.5) is 5.69 Å². The lowest BCUT2D eigenvalue weighted by atomic mass is 10.4. The van der Waals surface area contributed by atoms with Gasteiger partial charge in [-0.05, 0) is 7.05 Å². The third kappa shape index (κ3) is 5.81. The maximum atomic E-state index is 11.8. The first kappa shape index (κ1) is 16.1. The van der Waals surface area contributed by atoms with Crippen molar-refractivity contribution >= 4 is 11.6 Å². The number of aromatic nitrogens is 2. The van der Waals surface area contributed by atoms with Crippen LogP contribution in [0.15, 0.2) is 17.1 Å². The van der Waals surface area contributed by atoms with Crippen LogP contribution >= 0.6 is 0 Å². The number of likely N-dealkylation sites (N-methyl/N-ethyl adjacent to an activating group) is 1. The maximum absolute atomic E-state index is 11.8. The fraction of sp³-hybridized carbons (Fsp3) is 0.583. The molecule has 20 heavy (non-hydrogen) atoms. The molecule has 0 aliphatic rings. The molecule has 0 atom stereocenters. The number of amides is 1. The predicted molar refractivity (Wildman–Crippen MR) is 75.8 cm³/mol. The highest BCUT2D eigenvalue weighted by molar-refractivity contribution is 5.75. The van der Waals surface area contributed by atoms with Crippen LogP contribution in [0.25, 0.3) is 0 Å². The van der Waals surface area contributed by atoms with Crippen LogP contribution in [-0.4, -0.2) is 56.1 Å². The second-order valence-corrected chi connectivity index (χ2v) is 4.11. The minimum absolute atomic E-state index is 0.0979. The number of rotatable bonds is 9. The number of hydrogen-bond acceptors (Lipinski definition) is 6. The Morgan fingerprint density at radius 2 is 2.20 bits per heavy atom. The highest BCUT2D eigenvalue weighted by Crippen LogP contribution is 1.98. The van der Waals surface area contributed by atoms with Crippen molar-refractivity contribution in [3.63, 3.8) is 0 Å². The lowest BCUT2D eigenvalue weighted by Crippen LogP contribution is -2.35. The molecule has 1 amide bonds. The topological polar surface area (TPSA) is 97.3 Å². The molecule has 0 spiro atoms. The van der Waals surface area contributed by atoms with Gasteiger partial charge >= 0.3 is 0 Å². The van der Waals surface area contributed by atoms with E-state index >= 15 is 0 Å². The van der Waals surface area contributed by atoms with Gasteiger partial charge in [-0.3, -0.25) is 9.59 Å². The molecule has 0 fully saturated rings. The number of nitrogens with one attached hydrogen (secondary N) is 3. The summed E-state index contributed by atoms with van der Waals surface area (Å²) in [6.07, 6.45) is 1.53. The Balaban J connectivity index is 2.51. The fourth-order valence-corrected chi connectivity index (χ4v) is 1.47. The van der Waals surface area contributed by atoms with E-state index in [1.54, 1.807) is 7.11 Å². The number of ether oxygens (including phenoxy) is 1. The normalized spacial score (nSPS) is 10.3. The molecule has 0 saturated heterocycles. The summed E-state index contributed by atoms with van der Waals surface area (Å²) in [7, 11) is 3.40. The van der Waals surface area contributed by atoms with Crippen molar-refractivity contribution in [3.05, 3.63) is 22.6 Å². The van der Waals surface area contributed by atoms with Gasteiger partial charge in [0.05, 0.1) is 18.5 Å². The van der Waals surface area contributed by atoms with Crippen LogP contribution in [0.2, 0.25) is 0 Å². The largest absolute Gasteiger partial charge is 0.383 e. The van der Waals surface area contributed by atoms with Crippen LogP contribution in [0.3, 0.4) is 0 Å². The van der Waals surface area contributed by atoms with Crippen LogP contribution < -0.4 is 21.5 Å². The highest BCUT2D eigenvalue weighted by atomic mass is 16.5. The Kier molecular flexibility index (Phi) is 7.30. The van der Waals surface area contributed by atoms with Crippen molar-refractivity contribution in [2.24, 2.45) is 0 Å². The lowest BCUT2D eigenvalue weighted by molar-refractivity contribution is -0.122. The molecular formula is C12H21N5O3. The third-order valence-electron chi connectivity index (χ3n) is 2.50. The number of nitrogens with zero attached hydrogens (tertiary/aromatic N) is 2. The maximum Gasteiger partial charge on any atom is 0.269 e. The molecule has 1 rings (SSSR count). The highest BCUT2D eigenvalue weighted by Gasteiger charge is 2.05. The molecule has 0 bridgehead atoms. The van der Waals surface area contributed by atoms with Gasteiger partial charge in [0.1, 0.15) is 6.54 Å². The first-order valence-corrected chi connectivity index (χ1v) is 6.38. The second kappa shape index (κ2) is 9.05. The van der Waals surface area contributed by atoms with Crippen molar-refractivity contribution < 1.29 is 9.53 Å². The number of carbonyl (C=O) groups is 1. The van der Waals surface area contributed by atoms with Gasteiger partial charge in [-0.1, -0.05) is 0 Å². The lowest BCUT2D eigenvalue weighted by Gasteiger charge is -2.08. The molecule has 1 aromatic heterocycles. The van der Waals surface area contributed by atoms with Crippen LogP contribution in [0, 0.1) is 0 Å². The zero-order valence-corrected chi connectivity index (χ0v) is 11.8. The molecule has 3 N–H and O–H groups in total. The van der Waals surface area contributed by atoms with E-state index in [1.165, 1.54) is 12.3 Å². The average Bonchev–Trinajstić information content (AvgIpc) is 2.42. The van der Waals surface area contributed by atoms with E-state index in [1.807, 2.05) is 7.05 Å². The number of methoxy groups -OCH3 is 1. The minimum atomic E-state index is -0.318. The Morgan fingerprint density at radius 3 is 2.85 bits per heavy atom. The van der Waals surface area contributed by atoms with E-state index in [2.05, 4.69) is 21.0 Å². The van der Waals surface area contributed by atoms with E-state index in [9.17, 15) is 9.59 Å². The van der Waals surface area contributed by atoms with Gasteiger partial charge in [0, 0.05) is 32.8 Å². The number of carbonyl (C=O) groups excluding carboxylic acids is 1. The molecule has 0 unspecified atom stereocenters. The molecule has 0 aromatic carbocycles. The molecule has 8 heteroatoms. The monoisotopic (exact) mass is 283 g/mol. The number of anilines is 1. The molecule has 0 aliphatic heterocycles. The molecule has 112 valence electrons. The predicted octanol–water partition coefficient (Wildman–Crippen LogP) is -1.36. The van der Waals surface area contributed by atoms with Crippen molar-refractivity contribution in [1.29, 1.82) is 0 Å². The summed E-state index contributed by atoms with van der Waals surface area (Å²) in [5.41, 5.74) is 0.322. The molecule has 1 heterocycles. The van der Waals surface area contributed by atoms with Gasteiger partial charge in [0.25, 0.3) is 5.56 Å². The van der Waals surface area contributed by atoms with Gasteiger partial charge in [0.15, 0.2) is 0 Å². The minimum Gasteiger partial charge on any atom is -0.383 e. The van der Waals surface area contributed by atoms with Gasteiger partial charge in [-0.2, -0.15) is 5.10 Å². The van der Waals surface area contributed by atoms with E-state index in [-0.39, 0.29) is 18.0 Å². The standard InChI is InChI=1S/C12H21N5O3/c1-13-3-4-14-10-7-12(19)17(16-8-10)9-11(18)15-5-6-20-2/h7-8,13-14H,3-6,9H2,1-2H3,(H,15,18). The van der Waals surface area contributed by atoms with E-state index in [0.717, 1.165) is 11.2 Å². The molecule has 0 aliphatic carbocycles. The summed E-state index contributed by atoms with van der Waals surface area (Å²) in [6.45, 7) is 2.22. The van der Waals surface area contributed by atoms with E-state index in [4.69, 9.17) is 4.74 Å². The third-order valence-corrected chi connectivity index (χ3v) is 2.50. The van der Waals surface area contributed by atoms with Crippen molar-refractivity contribution in [1.82, 2.24) is 20.4 Å². The molecular weight excluding hydrogens is 262 g/mol. The van der Waals surface area contributed by atoms with Crippen LogP contribution in [0.1, 0.15) is 0 Å². The summed E-state index contributed by atoms with van der Waals surface area (Å²) >= 11 is 0. The Hall–Kier alpha value is -1.93. The Bertz CT molecular complexity index is 474. The summed E-state index contributed by atoms with van der Waals surface area (Å²) in [5.74, 6) is -0.271. The average molecular weight is 283 g/mol. The molecule has 1 aromatic rings. The van der Waals surface area contributed by atoms with E-state index in [0.29, 0.717) is 25.4 Å². The molecule has 0 saturated carbocycles. The molecule has 0 radical (unpaired) electrons. The van der Waals surface area contributed by atoms with Gasteiger partial charge in [-0.25, -0.2) is 4.68 Å². The summed E-state index contributed by atoms with van der Waals surface area (Å²) in [6, 6.07) is 1.42. The quantitative estimate of drug-likeness (QED) is 0.484. The Morgan fingerprint density at radius 1 is 1.40 bits per heavy atom. The fourth-order valence-electron chi connectivity index (χ4n) is 1.47. The number of hydrogen-bond donors (Lipinski definition) is 3. The summed E-state index contributed by atoms with van der Waals surface area (Å²) < 4.78 is 5.93. The summed E-state index contributed by atoms with van der Waals surface area (Å²) in [4.78, 5) is 23.3. The first-order chi connectivity index (χ1) is 9.67. The zero-order chi connectivity index (χ0) is 14.8. The van der Waals surface area contributed by atoms with Gasteiger partial charge in [0.2, 0.25) is 5.91 Å².